The summed E-state index contributed by atoms with van der Waals surface area (Å²) in [4.78, 5) is 12.6. The minimum atomic E-state index is 0. The Hall–Kier alpha value is 0.0216. The van der Waals surface area contributed by atoms with Gasteiger partial charge in [-0.15, -0.1) is 6.04 Å². The Morgan fingerprint density at radius 1 is 1.15 bits per heavy atom. The Morgan fingerprint density at radius 2 is 1.90 bits per heavy atom. The van der Waals surface area contributed by atoms with Gasteiger partial charge in [-0.1, -0.05) is 19.3 Å². The molecule has 2 atom stereocenters. The fourth-order valence-electron chi connectivity index (χ4n) is 3.25. The van der Waals surface area contributed by atoms with Gasteiger partial charge < -0.3 is 10.7 Å². The van der Waals surface area contributed by atoms with Gasteiger partial charge in [0.1, 0.15) is 11.5 Å². The van der Waals surface area contributed by atoms with Gasteiger partial charge in [-0.3, -0.25) is 0 Å². The van der Waals surface area contributed by atoms with Crippen molar-refractivity contribution >= 4 is 11.0 Å². The predicted octanol–water partition coefficient (Wildman–Crippen LogP) is 3.96. The molecule has 3 rings (SSSR count). The molecule has 2 aromatic heterocycles. The van der Waals surface area contributed by atoms with Gasteiger partial charge in [-0.2, -0.15) is 0 Å². The van der Waals surface area contributed by atoms with Crippen molar-refractivity contribution < 1.29 is 44.1 Å². The first-order valence-electron chi connectivity index (χ1n) is 7.10. The first-order valence-corrected chi connectivity index (χ1v) is 7.10. The molecule has 1 aliphatic rings. The number of H-pyrrole nitrogens is 1. The topological polar surface area (TPSA) is 65.4 Å². The van der Waals surface area contributed by atoms with Crippen LogP contribution in [0.25, 0.3) is 16.8 Å². The minimum Gasteiger partial charge on any atom is -0.675 e. The molecule has 1 aliphatic carbocycles. The van der Waals surface area contributed by atoms with Crippen LogP contribution < -0.4 is 0 Å². The average Bonchev–Trinajstić information content (AvgIpc) is 2.64. The summed E-state index contributed by atoms with van der Waals surface area (Å²) in [7, 11) is 0. The molecule has 0 saturated heterocycles. The van der Waals surface area contributed by atoms with E-state index in [0.29, 0.717) is 5.92 Å². The summed E-state index contributed by atoms with van der Waals surface area (Å²) in [5, 5.41) is 1.20. The predicted molar refractivity (Wildman–Crippen MR) is 77.4 cm³/mol. The molecule has 2 aromatic rings. The van der Waals surface area contributed by atoms with Gasteiger partial charge in [-0.25, -0.2) is 9.97 Å². The number of nitrogens with zero attached hydrogens (tertiary/aromatic N) is 2. The van der Waals surface area contributed by atoms with E-state index in [1.54, 1.807) is 0 Å². The van der Waals surface area contributed by atoms with Gasteiger partial charge in [0, 0.05) is 61.1 Å². The zero-order valence-electron chi connectivity index (χ0n) is 12.5. The van der Waals surface area contributed by atoms with Crippen LogP contribution in [-0.2, 0) is 0 Å². The fourth-order valence-corrected chi connectivity index (χ4v) is 3.25. The van der Waals surface area contributed by atoms with E-state index in [-0.39, 0.29) is 50.1 Å². The van der Waals surface area contributed by atoms with Crippen molar-refractivity contribution in [3.63, 3.8) is 0 Å². The van der Waals surface area contributed by atoms with Gasteiger partial charge in [0.25, 0.3) is 0 Å². The molecular formula is C15H21AcN4-. The summed E-state index contributed by atoms with van der Waals surface area (Å²) in [6.07, 6.45) is 4.28. The standard InChI is InChI=1S/C15H21N4.Ac/c1-8-9(2)17-15-13(8)14(18-10(3)19-15)11-5-4-6-12(16)7-11;/h11-12,16H,4-7H2,1-3H3,(H,17,18,19);/q-1;. The Morgan fingerprint density at radius 3 is 2.60 bits per heavy atom. The molecule has 0 aromatic carbocycles. The normalized spacial score (nSPS) is 22.8. The second-order valence-electron chi connectivity index (χ2n) is 5.82. The number of rotatable bonds is 1. The second-order valence-corrected chi connectivity index (χ2v) is 5.82. The monoisotopic (exact) mass is 484 g/mol. The van der Waals surface area contributed by atoms with Crippen molar-refractivity contribution in [2.75, 3.05) is 0 Å². The number of nitrogens with one attached hydrogen (secondary N) is 2. The van der Waals surface area contributed by atoms with Crippen LogP contribution in [0.4, 0.5) is 0 Å². The average molecular weight is 484 g/mol. The van der Waals surface area contributed by atoms with E-state index in [1.165, 1.54) is 22.3 Å². The van der Waals surface area contributed by atoms with Crippen LogP contribution in [0.2, 0.25) is 0 Å². The van der Waals surface area contributed by atoms with Crippen molar-refractivity contribution in [1.82, 2.24) is 15.0 Å². The maximum atomic E-state index is 8.02. The van der Waals surface area contributed by atoms with Gasteiger partial charge in [0.15, 0.2) is 0 Å². The fraction of sp³-hybridized carbons (Fsp3) is 0.600. The molecular weight excluding hydrogens is 463 g/mol. The molecule has 0 spiro atoms. The van der Waals surface area contributed by atoms with Crippen molar-refractivity contribution in [2.24, 2.45) is 0 Å². The maximum absolute atomic E-state index is 8.02. The van der Waals surface area contributed by atoms with Crippen molar-refractivity contribution in [3.05, 3.63) is 28.5 Å². The first kappa shape index (κ1) is 16.4. The van der Waals surface area contributed by atoms with E-state index >= 15 is 0 Å². The summed E-state index contributed by atoms with van der Waals surface area (Å²) in [6, 6.07) is 0.0735. The third-order valence-electron chi connectivity index (χ3n) is 4.35. The number of hydrogen-bond donors (Lipinski definition) is 1. The molecule has 0 amide bonds. The summed E-state index contributed by atoms with van der Waals surface area (Å²) >= 11 is 0. The summed E-state index contributed by atoms with van der Waals surface area (Å²) in [5.41, 5.74) is 12.6. The zero-order chi connectivity index (χ0) is 13.6. The molecule has 1 radical (unpaired) electrons. The van der Waals surface area contributed by atoms with E-state index in [1.807, 2.05) is 6.92 Å². The van der Waals surface area contributed by atoms with Crippen LogP contribution in [0.3, 0.4) is 0 Å². The maximum Gasteiger partial charge on any atom is 0.141 e. The Kier molecular flexibility index (Phi) is 5.26. The van der Waals surface area contributed by atoms with Crippen LogP contribution in [0.1, 0.15) is 54.4 Å². The Labute approximate surface area is 155 Å². The van der Waals surface area contributed by atoms with Crippen LogP contribution in [-0.4, -0.2) is 21.0 Å². The third-order valence-corrected chi connectivity index (χ3v) is 4.35. The van der Waals surface area contributed by atoms with Gasteiger partial charge >= 0.3 is 0 Å². The number of aromatic nitrogens is 3. The molecule has 5 heteroatoms. The first-order chi connectivity index (χ1) is 9.06. The Bertz CT molecular complexity index is 620. The van der Waals surface area contributed by atoms with Crippen molar-refractivity contribution in [3.8, 4) is 0 Å². The van der Waals surface area contributed by atoms with E-state index in [0.717, 1.165) is 37.2 Å². The molecule has 105 valence electrons. The molecule has 2 heterocycles. The molecule has 2 unspecified atom stereocenters. The zero-order valence-corrected chi connectivity index (χ0v) is 17.2. The third kappa shape index (κ3) is 2.96. The van der Waals surface area contributed by atoms with E-state index in [2.05, 4.69) is 23.8 Å². The molecule has 1 fully saturated rings. The number of fused-ring (bicyclic) bond motifs is 1. The Balaban J connectivity index is 0.00000147. The summed E-state index contributed by atoms with van der Waals surface area (Å²) < 4.78 is 0. The SMILES string of the molecule is Cc1nc(C2CCCC([NH-])C2)c2c(C)c(C)[nH]c2n1.[Ac]. The van der Waals surface area contributed by atoms with Crippen LogP contribution in [0, 0.1) is 64.8 Å². The molecule has 0 bridgehead atoms. The molecule has 20 heavy (non-hydrogen) atoms. The second kappa shape index (κ2) is 6.42. The van der Waals surface area contributed by atoms with Crippen LogP contribution in [0.15, 0.2) is 0 Å². The summed E-state index contributed by atoms with van der Waals surface area (Å²) in [5.74, 6) is 1.25. The van der Waals surface area contributed by atoms with Crippen molar-refractivity contribution in [1.29, 1.82) is 0 Å². The molecule has 2 N–H and O–H groups in total. The van der Waals surface area contributed by atoms with Crippen LogP contribution in [0.5, 0.6) is 0 Å². The van der Waals surface area contributed by atoms with Gasteiger partial charge in [0.2, 0.25) is 0 Å². The van der Waals surface area contributed by atoms with Crippen LogP contribution >= 0.6 is 0 Å². The van der Waals surface area contributed by atoms with E-state index in [4.69, 9.17) is 10.7 Å². The largest absolute Gasteiger partial charge is 0.675 e. The number of aryl methyl sites for hydroxylation is 3. The molecule has 1 saturated carbocycles. The summed E-state index contributed by atoms with van der Waals surface area (Å²) in [6.45, 7) is 6.18. The van der Waals surface area contributed by atoms with E-state index < -0.39 is 0 Å². The quantitative estimate of drug-likeness (QED) is 0.666. The van der Waals surface area contributed by atoms with E-state index in [9.17, 15) is 0 Å². The smallest absolute Gasteiger partial charge is 0.141 e. The van der Waals surface area contributed by atoms with Crippen molar-refractivity contribution in [2.45, 2.75) is 58.4 Å². The van der Waals surface area contributed by atoms with Gasteiger partial charge in [0.05, 0.1) is 5.69 Å². The van der Waals surface area contributed by atoms with Gasteiger partial charge in [-0.05, 0) is 32.8 Å². The minimum absolute atomic E-state index is 0. The molecule has 4 nitrogen and oxygen atoms in total. The number of hydrogen-bond acceptors (Lipinski definition) is 2. The number of aromatic amines is 1. The molecule has 0 aliphatic heterocycles.